The fraction of sp³-hybridized carbons (Fsp3) is 0.114. The van der Waals surface area contributed by atoms with Crippen molar-refractivity contribution in [3.05, 3.63) is 150 Å². The molecule has 0 saturated heterocycles. The third-order valence-corrected chi connectivity index (χ3v) is 12.9. The van der Waals surface area contributed by atoms with Crippen LogP contribution in [-0.2, 0) is 30.1 Å². The summed E-state index contributed by atoms with van der Waals surface area (Å²) in [6.45, 7) is -0.897. The van der Waals surface area contributed by atoms with E-state index in [1.807, 2.05) is 0 Å². The van der Waals surface area contributed by atoms with Crippen molar-refractivity contribution >= 4 is 59.0 Å². The first-order chi connectivity index (χ1) is 23.9. The van der Waals surface area contributed by atoms with Crippen molar-refractivity contribution in [3.8, 4) is 0 Å². The van der Waals surface area contributed by atoms with Crippen LogP contribution in [-0.4, -0.2) is 57.3 Å². The van der Waals surface area contributed by atoms with Crippen LogP contribution in [0, 0.1) is 0 Å². The molecule has 0 aliphatic rings. The van der Waals surface area contributed by atoms with Crippen LogP contribution in [0.5, 0.6) is 0 Å². The normalized spacial score (nSPS) is 11.9. The first-order valence-electron chi connectivity index (χ1n) is 15.2. The predicted octanol–water partition coefficient (Wildman–Crippen LogP) is 5.14. The van der Waals surface area contributed by atoms with Crippen LogP contribution < -0.4 is 18.6 Å². The van der Waals surface area contributed by atoms with Crippen LogP contribution in [0.4, 0.5) is 11.4 Å². The largest absolute Gasteiger partial charge is 0.350 e. The molecule has 260 valence electrons. The average molecular weight is 753 g/mol. The van der Waals surface area contributed by atoms with Crippen LogP contribution in [0.25, 0.3) is 0 Å². The van der Waals surface area contributed by atoms with Crippen LogP contribution >= 0.6 is 11.6 Å². The SMILES string of the molecule is O=C(NCCN(c1ccccc1)S(=O)(=O)c1ccccc1)c1ccccc1S(=O)(=O)N(CCNS(=O)(=O)c1ccc(Cl)cc1)c1ccccc1. The summed E-state index contributed by atoms with van der Waals surface area (Å²) in [5.41, 5.74) is 0.462. The lowest BCUT2D eigenvalue weighted by atomic mass is 10.2. The Morgan fingerprint density at radius 2 is 1.02 bits per heavy atom. The number of para-hydroxylation sites is 2. The van der Waals surface area contributed by atoms with Gasteiger partial charge in [-0.05, 0) is 72.8 Å². The molecule has 50 heavy (non-hydrogen) atoms. The van der Waals surface area contributed by atoms with Gasteiger partial charge in [-0.2, -0.15) is 0 Å². The molecule has 0 aliphatic carbocycles. The number of halogens is 1. The van der Waals surface area contributed by atoms with Gasteiger partial charge in [0.25, 0.3) is 26.0 Å². The van der Waals surface area contributed by atoms with Crippen molar-refractivity contribution in [3.63, 3.8) is 0 Å². The van der Waals surface area contributed by atoms with E-state index < -0.39 is 36.0 Å². The van der Waals surface area contributed by atoms with Crippen molar-refractivity contribution in [2.24, 2.45) is 0 Å². The standard InChI is InChI=1S/C35H33ClN4O7S3/c36-28-20-22-31(23-21-28)48(42,43)38-25-27-40(30-14-6-2-7-15-30)50(46,47)34-19-11-10-18-33(34)35(41)37-24-26-39(29-12-4-1-5-13-29)49(44,45)32-16-8-3-9-17-32/h1-23,38H,24-27H2,(H,37,41). The number of sulfonamides is 3. The lowest BCUT2D eigenvalue weighted by Gasteiger charge is -2.26. The lowest BCUT2D eigenvalue weighted by Crippen LogP contribution is -2.40. The topological polar surface area (TPSA) is 150 Å². The Morgan fingerprint density at radius 3 is 1.60 bits per heavy atom. The number of nitrogens with zero attached hydrogens (tertiary/aromatic N) is 2. The van der Waals surface area contributed by atoms with E-state index in [-0.39, 0.29) is 52.1 Å². The molecular formula is C35H33ClN4O7S3. The summed E-state index contributed by atoms with van der Waals surface area (Å²) in [6.07, 6.45) is 0. The molecule has 5 rings (SSSR count). The van der Waals surface area contributed by atoms with Gasteiger partial charge in [-0.15, -0.1) is 0 Å². The Balaban J connectivity index is 1.37. The van der Waals surface area contributed by atoms with E-state index in [1.54, 1.807) is 78.9 Å². The van der Waals surface area contributed by atoms with Crippen LogP contribution in [0.3, 0.4) is 0 Å². The summed E-state index contributed by atoms with van der Waals surface area (Å²) in [4.78, 5) is 13.3. The smallest absolute Gasteiger partial charge is 0.265 e. The van der Waals surface area contributed by atoms with E-state index in [4.69, 9.17) is 11.6 Å². The van der Waals surface area contributed by atoms with Crippen molar-refractivity contribution in [1.29, 1.82) is 0 Å². The minimum absolute atomic E-state index is 0.0413. The predicted molar refractivity (Wildman–Crippen MR) is 194 cm³/mol. The van der Waals surface area contributed by atoms with Crippen molar-refractivity contribution in [1.82, 2.24) is 10.0 Å². The molecule has 5 aromatic carbocycles. The van der Waals surface area contributed by atoms with Crippen molar-refractivity contribution < 1.29 is 30.0 Å². The van der Waals surface area contributed by atoms with Gasteiger partial charge < -0.3 is 5.32 Å². The molecule has 2 N–H and O–H groups in total. The van der Waals surface area contributed by atoms with Crippen molar-refractivity contribution in [2.45, 2.75) is 14.7 Å². The molecule has 0 spiro atoms. The number of amides is 1. The third kappa shape index (κ3) is 8.52. The third-order valence-electron chi connectivity index (χ3n) is 7.45. The Morgan fingerprint density at radius 1 is 0.540 bits per heavy atom. The summed E-state index contributed by atoms with van der Waals surface area (Å²) < 4.78 is 86.1. The summed E-state index contributed by atoms with van der Waals surface area (Å²) in [6, 6.07) is 35.5. The first-order valence-corrected chi connectivity index (χ1v) is 20.0. The maximum absolute atomic E-state index is 14.2. The number of nitrogens with one attached hydrogen (secondary N) is 2. The van der Waals surface area contributed by atoms with E-state index in [2.05, 4.69) is 10.0 Å². The van der Waals surface area contributed by atoms with Gasteiger partial charge in [0.1, 0.15) is 4.90 Å². The number of hydrogen-bond donors (Lipinski definition) is 2. The average Bonchev–Trinajstić information content (AvgIpc) is 3.13. The van der Waals surface area contributed by atoms with Gasteiger partial charge in [0.2, 0.25) is 10.0 Å². The molecular weight excluding hydrogens is 720 g/mol. The Labute approximate surface area is 297 Å². The minimum atomic E-state index is -4.45. The van der Waals surface area contributed by atoms with Gasteiger partial charge in [0.15, 0.2) is 0 Å². The van der Waals surface area contributed by atoms with E-state index in [9.17, 15) is 30.0 Å². The second-order valence-electron chi connectivity index (χ2n) is 10.7. The Bertz CT molecular complexity index is 2240. The molecule has 0 fully saturated rings. The summed E-state index contributed by atoms with van der Waals surface area (Å²) in [5, 5.41) is 3.03. The number of rotatable bonds is 15. The monoisotopic (exact) mass is 752 g/mol. The van der Waals surface area contributed by atoms with Gasteiger partial charge in [0, 0.05) is 24.7 Å². The maximum Gasteiger partial charge on any atom is 0.265 e. The van der Waals surface area contributed by atoms with Crippen LogP contribution in [0.1, 0.15) is 10.4 Å². The molecule has 0 bridgehead atoms. The highest BCUT2D eigenvalue weighted by Crippen LogP contribution is 2.27. The molecule has 15 heteroatoms. The fourth-order valence-corrected chi connectivity index (χ4v) is 9.32. The zero-order valence-corrected chi connectivity index (χ0v) is 29.7. The second kappa shape index (κ2) is 15.9. The molecule has 0 saturated carbocycles. The molecule has 1 amide bonds. The summed E-state index contributed by atoms with van der Waals surface area (Å²) >= 11 is 5.88. The molecule has 5 aromatic rings. The fourth-order valence-electron chi connectivity index (χ4n) is 5.03. The molecule has 0 aliphatic heterocycles. The number of benzene rings is 5. The Kier molecular flexibility index (Phi) is 11.6. The van der Waals surface area contributed by atoms with Gasteiger partial charge in [0.05, 0.1) is 33.3 Å². The van der Waals surface area contributed by atoms with E-state index in [1.165, 1.54) is 65.0 Å². The van der Waals surface area contributed by atoms with Gasteiger partial charge in [-0.1, -0.05) is 78.3 Å². The van der Waals surface area contributed by atoms with Gasteiger partial charge in [-0.3, -0.25) is 13.4 Å². The van der Waals surface area contributed by atoms with Crippen LogP contribution in [0.2, 0.25) is 5.02 Å². The number of carbonyl (C=O) groups excluding carboxylic acids is 1. The molecule has 0 unspecified atom stereocenters. The molecule has 0 aromatic heterocycles. The van der Waals surface area contributed by atoms with Gasteiger partial charge >= 0.3 is 0 Å². The van der Waals surface area contributed by atoms with Crippen LogP contribution in [0.15, 0.2) is 154 Å². The number of anilines is 2. The Hall–Kier alpha value is -4.73. The number of carbonyl (C=O) groups is 1. The zero-order valence-electron chi connectivity index (χ0n) is 26.5. The molecule has 0 radical (unpaired) electrons. The maximum atomic E-state index is 14.2. The minimum Gasteiger partial charge on any atom is -0.350 e. The number of hydrogen-bond acceptors (Lipinski definition) is 7. The molecule has 0 atom stereocenters. The van der Waals surface area contributed by atoms with E-state index in [0.717, 1.165) is 4.31 Å². The molecule has 0 heterocycles. The van der Waals surface area contributed by atoms with E-state index in [0.29, 0.717) is 10.7 Å². The van der Waals surface area contributed by atoms with Crippen molar-refractivity contribution in [2.75, 3.05) is 34.8 Å². The van der Waals surface area contributed by atoms with Gasteiger partial charge in [-0.25, -0.2) is 30.0 Å². The molecule has 11 nitrogen and oxygen atoms in total. The highest BCUT2D eigenvalue weighted by Gasteiger charge is 2.30. The highest BCUT2D eigenvalue weighted by atomic mass is 35.5. The zero-order chi connectivity index (χ0) is 35.8. The quantitative estimate of drug-likeness (QED) is 0.150. The first kappa shape index (κ1) is 36.5. The summed E-state index contributed by atoms with van der Waals surface area (Å²) in [7, 11) is -12.4. The summed E-state index contributed by atoms with van der Waals surface area (Å²) in [5.74, 6) is -0.745. The van der Waals surface area contributed by atoms with E-state index >= 15 is 0 Å². The lowest BCUT2D eigenvalue weighted by molar-refractivity contribution is 0.0951. The highest BCUT2D eigenvalue weighted by molar-refractivity contribution is 7.93. The second-order valence-corrected chi connectivity index (χ2v) is 16.6.